The van der Waals surface area contributed by atoms with Crippen LogP contribution in [0.3, 0.4) is 0 Å². The summed E-state index contributed by atoms with van der Waals surface area (Å²) in [6.07, 6.45) is 1.23. The van der Waals surface area contributed by atoms with E-state index in [1.165, 1.54) is 12.2 Å². The van der Waals surface area contributed by atoms with Crippen molar-refractivity contribution in [3.05, 3.63) is 11.1 Å². The number of thioether (sulfide) groups is 1. The molecule has 0 radical (unpaired) electrons. The molecule has 1 rings (SSSR count). The van der Waals surface area contributed by atoms with E-state index in [-0.39, 0.29) is 24.0 Å². The summed E-state index contributed by atoms with van der Waals surface area (Å²) in [5.41, 5.74) is 0. The largest absolute Gasteiger partial charge is 0.352 e. The number of nitrogens with zero attached hydrogens (tertiary/aromatic N) is 2. The molecule has 1 saturated heterocycles. The third-order valence-corrected chi connectivity index (χ3v) is 4.20. The maximum Gasteiger partial charge on any atom is 0.193 e. The Balaban J connectivity index is 0.00000256. The summed E-state index contributed by atoms with van der Waals surface area (Å²) in [4.78, 5) is 6.65. The van der Waals surface area contributed by atoms with Crippen LogP contribution in [0.25, 0.3) is 0 Å². The van der Waals surface area contributed by atoms with Crippen LogP contribution in [0.5, 0.6) is 0 Å². The fourth-order valence-electron chi connectivity index (χ4n) is 1.67. The van der Waals surface area contributed by atoms with Gasteiger partial charge in [-0.2, -0.15) is 11.8 Å². The van der Waals surface area contributed by atoms with Crippen molar-refractivity contribution >= 4 is 57.6 Å². The van der Waals surface area contributed by atoms with Gasteiger partial charge in [-0.1, -0.05) is 29.4 Å². The Morgan fingerprint density at radius 3 is 2.88 bits per heavy atom. The summed E-state index contributed by atoms with van der Waals surface area (Å²) >= 11 is 5.42. The molecule has 0 spiro atoms. The molecule has 1 unspecified atom stereocenters. The second kappa shape index (κ2) is 9.49. The molecule has 1 aliphatic rings. The van der Waals surface area contributed by atoms with Crippen molar-refractivity contribution in [2.45, 2.75) is 18.6 Å². The molecule has 0 aliphatic carbocycles. The highest BCUT2D eigenvalue weighted by Crippen LogP contribution is 2.20. The van der Waals surface area contributed by atoms with Gasteiger partial charge in [0.1, 0.15) is 0 Å². The first-order valence-electron chi connectivity index (χ1n) is 5.57. The third-order valence-electron chi connectivity index (χ3n) is 2.54. The zero-order chi connectivity index (χ0) is 12.0. The molecule has 0 aromatic rings. The smallest absolute Gasteiger partial charge is 0.193 e. The average molecular weight is 434 g/mol. The minimum Gasteiger partial charge on any atom is -0.352 e. The van der Waals surface area contributed by atoms with Crippen molar-refractivity contribution in [2.24, 2.45) is 4.99 Å². The number of halogens is 2. The molecule has 3 nitrogen and oxygen atoms in total. The van der Waals surface area contributed by atoms with Gasteiger partial charge < -0.3 is 10.2 Å². The normalized spacial score (nSPS) is 20.8. The Morgan fingerprint density at radius 1 is 1.65 bits per heavy atom. The number of hydrogen-bond donors (Lipinski definition) is 1. The summed E-state index contributed by atoms with van der Waals surface area (Å²) in [5, 5.41) is 4.04. The topological polar surface area (TPSA) is 27.6 Å². The second-order valence-corrected chi connectivity index (χ2v) is 6.29. The minimum absolute atomic E-state index is 0. The van der Waals surface area contributed by atoms with E-state index in [0.29, 0.717) is 0 Å². The Kier molecular flexibility index (Phi) is 9.81. The first kappa shape index (κ1) is 17.6. The molecule has 0 saturated carbocycles. The predicted octanol–water partition coefficient (Wildman–Crippen LogP) is 2.92. The third kappa shape index (κ3) is 6.33. The minimum atomic E-state index is 0. The van der Waals surface area contributed by atoms with Crippen molar-refractivity contribution in [1.29, 1.82) is 0 Å². The van der Waals surface area contributed by atoms with Gasteiger partial charge in [0.25, 0.3) is 0 Å². The molecule has 1 heterocycles. The van der Waals surface area contributed by atoms with E-state index in [1.807, 2.05) is 7.05 Å². The van der Waals surface area contributed by atoms with Crippen molar-refractivity contribution in [2.75, 3.05) is 32.4 Å². The van der Waals surface area contributed by atoms with E-state index in [1.54, 1.807) is 0 Å². The van der Waals surface area contributed by atoms with E-state index in [4.69, 9.17) is 0 Å². The Morgan fingerprint density at radius 2 is 2.35 bits per heavy atom. The standard InChI is InChI=1S/C11H20BrN3S.HI/c1-4-10-8-15(5-6-16-10)11(13-3)14-7-9(2)12;/h10H,2,4-8H2,1,3H3,(H,13,14);1H. The molecule has 0 bridgehead atoms. The lowest BCUT2D eigenvalue weighted by Crippen LogP contribution is -2.48. The highest BCUT2D eigenvalue weighted by molar-refractivity contribution is 14.0. The van der Waals surface area contributed by atoms with E-state index >= 15 is 0 Å². The molecule has 1 fully saturated rings. The van der Waals surface area contributed by atoms with Gasteiger partial charge in [0.2, 0.25) is 0 Å². The maximum absolute atomic E-state index is 4.31. The molecule has 1 N–H and O–H groups in total. The van der Waals surface area contributed by atoms with E-state index < -0.39 is 0 Å². The van der Waals surface area contributed by atoms with Crippen LogP contribution < -0.4 is 5.32 Å². The molecule has 17 heavy (non-hydrogen) atoms. The van der Waals surface area contributed by atoms with Crippen LogP contribution >= 0.6 is 51.7 Å². The second-order valence-electron chi connectivity index (χ2n) is 3.77. The van der Waals surface area contributed by atoms with Gasteiger partial charge >= 0.3 is 0 Å². The Labute approximate surface area is 134 Å². The molecular formula is C11H21BrIN3S. The van der Waals surface area contributed by atoms with Gasteiger partial charge in [0.05, 0.1) is 0 Å². The molecule has 0 aromatic carbocycles. The van der Waals surface area contributed by atoms with Crippen LogP contribution in [-0.4, -0.2) is 48.5 Å². The van der Waals surface area contributed by atoms with Gasteiger partial charge in [-0.3, -0.25) is 4.99 Å². The summed E-state index contributed by atoms with van der Waals surface area (Å²) in [6, 6.07) is 0. The van der Waals surface area contributed by atoms with Crippen LogP contribution in [0.1, 0.15) is 13.3 Å². The lowest BCUT2D eigenvalue weighted by atomic mass is 10.3. The van der Waals surface area contributed by atoms with E-state index in [9.17, 15) is 0 Å². The van der Waals surface area contributed by atoms with Gasteiger partial charge in [-0.05, 0) is 6.42 Å². The predicted molar refractivity (Wildman–Crippen MR) is 93.0 cm³/mol. The number of hydrogen-bond acceptors (Lipinski definition) is 2. The monoisotopic (exact) mass is 433 g/mol. The summed E-state index contributed by atoms with van der Waals surface area (Å²) in [5.74, 6) is 2.17. The van der Waals surface area contributed by atoms with Gasteiger partial charge in [0.15, 0.2) is 5.96 Å². The van der Waals surface area contributed by atoms with Crippen LogP contribution in [0, 0.1) is 0 Å². The zero-order valence-corrected chi connectivity index (χ0v) is 15.1. The summed E-state index contributed by atoms with van der Waals surface area (Å²) in [6.45, 7) is 8.96. The first-order valence-corrected chi connectivity index (χ1v) is 7.42. The fraction of sp³-hybridized carbons (Fsp3) is 0.727. The lowest BCUT2D eigenvalue weighted by Gasteiger charge is -2.34. The molecule has 6 heteroatoms. The maximum atomic E-state index is 4.31. The number of aliphatic imine (C=N–C) groups is 1. The number of rotatable bonds is 3. The van der Waals surface area contributed by atoms with Gasteiger partial charge in [0, 0.05) is 42.2 Å². The van der Waals surface area contributed by atoms with E-state index in [2.05, 4.69) is 56.4 Å². The first-order chi connectivity index (χ1) is 7.67. The highest BCUT2D eigenvalue weighted by atomic mass is 127. The van der Waals surface area contributed by atoms with Crippen LogP contribution in [-0.2, 0) is 0 Å². The van der Waals surface area contributed by atoms with Crippen molar-refractivity contribution in [1.82, 2.24) is 10.2 Å². The average Bonchev–Trinajstić information content (AvgIpc) is 2.30. The van der Waals surface area contributed by atoms with Crippen molar-refractivity contribution < 1.29 is 0 Å². The molecule has 0 aromatic heterocycles. The molecule has 1 atom stereocenters. The van der Waals surface area contributed by atoms with Crippen molar-refractivity contribution in [3.8, 4) is 0 Å². The van der Waals surface area contributed by atoms with Crippen LogP contribution in [0.4, 0.5) is 0 Å². The van der Waals surface area contributed by atoms with E-state index in [0.717, 1.165) is 35.3 Å². The van der Waals surface area contributed by atoms with Gasteiger partial charge in [-0.15, -0.1) is 24.0 Å². The highest BCUT2D eigenvalue weighted by Gasteiger charge is 2.21. The Hall–Kier alpha value is 0.570. The fourth-order valence-corrected chi connectivity index (χ4v) is 2.99. The van der Waals surface area contributed by atoms with Crippen LogP contribution in [0.15, 0.2) is 16.1 Å². The number of guanidine groups is 1. The number of nitrogens with one attached hydrogen (secondary N) is 1. The zero-order valence-electron chi connectivity index (χ0n) is 10.4. The van der Waals surface area contributed by atoms with Gasteiger partial charge in [-0.25, -0.2) is 0 Å². The molecule has 0 amide bonds. The molecule has 1 aliphatic heterocycles. The molecule has 100 valence electrons. The quantitative estimate of drug-likeness (QED) is 0.421. The molecular weight excluding hydrogens is 413 g/mol. The lowest BCUT2D eigenvalue weighted by molar-refractivity contribution is 0.410. The van der Waals surface area contributed by atoms with Crippen LogP contribution in [0.2, 0.25) is 0 Å². The summed E-state index contributed by atoms with van der Waals surface area (Å²) < 4.78 is 0.951. The summed E-state index contributed by atoms with van der Waals surface area (Å²) in [7, 11) is 1.84. The van der Waals surface area contributed by atoms with Crippen molar-refractivity contribution in [3.63, 3.8) is 0 Å². The SMILES string of the molecule is C=C(Br)CNC(=NC)N1CCSC(CC)C1.I. The Bertz CT molecular complexity index is 273.